The molecule has 8 nitrogen and oxygen atoms in total. The number of carbonyl (C=O) groups excluding carboxylic acids is 1. The number of nitrogens with one attached hydrogen (secondary N) is 1. The van der Waals surface area contributed by atoms with E-state index in [0.717, 1.165) is 12.1 Å². The number of rotatable bonds is 5. The van der Waals surface area contributed by atoms with Crippen molar-refractivity contribution in [3.8, 4) is 11.6 Å². The zero-order chi connectivity index (χ0) is 20.4. The fourth-order valence-corrected chi connectivity index (χ4v) is 2.94. The van der Waals surface area contributed by atoms with Gasteiger partial charge < -0.3 is 9.84 Å². The normalized spacial score (nSPS) is 15.1. The smallest absolute Gasteiger partial charge is 0.338 e. The number of hydrogen-bond acceptors (Lipinski definition) is 7. The molecular formula is C18H15F3N6O2. The topological polar surface area (TPSA) is 97.0 Å². The van der Waals surface area contributed by atoms with Crippen molar-refractivity contribution in [3.05, 3.63) is 54.2 Å². The first kappa shape index (κ1) is 19.0. The van der Waals surface area contributed by atoms with E-state index >= 15 is 0 Å². The van der Waals surface area contributed by atoms with Crippen LogP contribution in [0, 0.1) is 0 Å². The molecule has 1 amide bonds. The monoisotopic (exact) mass is 404 g/mol. The van der Waals surface area contributed by atoms with Gasteiger partial charge >= 0.3 is 6.18 Å². The Morgan fingerprint density at radius 3 is 2.66 bits per heavy atom. The number of aromatic nitrogens is 4. The third-order valence-electron chi connectivity index (χ3n) is 4.35. The fourth-order valence-electron chi connectivity index (χ4n) is 2.94. The predicted octanol–water partition coefficient (Wildman–Crippen LogP) is 2.58. The van der Waals surface area contributed by atoms with Crippen molar-refractivity contribution in [1.29, 1.82) is 0 Å². The molecule has 3 heterocycles. The van der Waals surface area contributed by atoms with Gasteiger partial charge in [0.2, 0.25) is 23.4 Å². The summed E-state index contributed by atoms with van der Waals surface area (Å²) in [5.74, 6) is 0.662. The molecule has 2 aromatic heterocycles. The Bertz CT molecular complexity index is 1000. The van der Waals surface area contributed by atoms with Crippen LogP contribution in [0.1, 0.15) is 17.4 Å². The number of nitrogens with zero attached hydrogens (tertiary/aromatic N) is 5. The minimum Gasteiger partial charge on any atom is -0.338 e. The maximum Gasteiger partial charge on any atom is 0.416 e. The molecule has 3 aromatic rings. The molecule has 4 rings (SSSR count). The minimum atomic E-state index is -4.46. The molecule has 1 N–H and O–H groups in total. The molecule has 0 bridgehead atoms. The van der Waals surface area contributed by atoms with Crippen LogP contribution in [-0.2, 0) is 11.0 Å². The van der Waals surface area contributed by atoms with E-state index in [4.69, 9.17) is 4.52 Å². The average molecular weight is 404 g/mol. The molecule has 0 spiro atoms. The molecule has 29 heavy (non-hydrogen) atoms. The van der Waals surface area contributed by atoms with Crippen LogP contribution in [0.15, 0.2) is 47.2 Å². The Hall–Kier alpha value is -3.34. The second kappa shape index (κ2) is 7.59. The Labute approximate surface area is 162 Å². The van der Waals surface area contributed by atoms with Gasteiger partial charge in [-0.15, -0.1) is 0 Å². The van der Waals surface area contributed by atoms with E-state index in [1.807, 2.05) is 4.90 Å². The third kappa shape index (κ3) is 4.40. The largest absolute Gasteiger partial charge is 0.416 e. The van der Waals surface area contributed by atoms with Gasteiger partial charge in [-0.25, -0.2) is 9.97 Å². The lowest BCUT2D eigenvalue weighted by Gasteiger charge is -2.36. The van der Waals surface area contributed by atoms with Crippen molar-refractivity contribution in [3.63, 3.8) is 0 Å². The van der Waals surface area contributed by atoms with E-state index in [9.17, 15) is 18.0 Å². The van der Waals surface area contributed by atoms with Crippen LogP contribution in [-0.4, -0.2) is 50.5 Å². The molecule has 150 valence electrons. The van der Waals surface area contributed by atoms with Crippen LogP contribution in [0.2, 0.25) is 0 Å². The fraction of sp³-hybridized carbons (Fsp3) is 0.278. The molecule has 1 fully saturated rings. The first-order valence-corrected chi connectivity index (χ1v) is 8.69. The van der Waals surface area contributed by atoms with E-state index in [1.54, 1.807) is 18.5 Å². The number of amides is 1. The van der Waals surface area contributed by atoms with E-state index in [0.29, 0.717) is 30.6 Å². The summed E-state index contributed by atoms with van der Waals surface area (Å²) in [7, 11) is 0. The van der Waals surface area contributed by atoms with E-state index < -0.39 is 17.6 Å². The molecule has 0 saturated carbocycles. The molecule has 11 heteroatoms. The summed E-state index contributed by atoms with van der Waals surface area (Å²) in [4.78, 5) is 26.3. The van der Waals surface area contributed by atoms with Gasteiger partial charge in [0.1, 0.15) is 0 Å². The summed E-state index contributed by atoms with van der Waals surface area (Å²) in [6, 6.07) is 6.20. The van der Waals surface area contributed by atoms with Gasteiger partial charge in [-0.2, -0.15) is 18.2 Å². The van der Waals surface area contributed by atoms with Crippen LogP contribution in [0.4, 0.5) is 18.9 Å². The molecule has 0 aliphatic carbocycles. The molecule has 0 unspecified atom stereocenters. The highest BCUT2D eigenvalue weighted by Gasteiger charge is 2.34. The number of carbonyl (C=O) groups is 1. The Balaban J connectivity index is 1.29. The van der Waals surface area contributed by atoms with Crippen LogP contribution < -0.4 is 5.32 Å². The second-order valence-electron chi connectivity index (χ2n) is 6.55. The highest BCUT2D eigenvalue weighted by molar-refractivity contribution is 5.92. The van der Waals surface area contributed by atoms with Gasteiger partial charge in [-0.1, -0.05) is 11.2 Å². The van der Waals surface area contributed by atoms with Crippen molar-refractivity contribution < 1.29 is 22.5 Å². The summed E-state index contributed by atoms with van der Waals surface area (Å²) < 4.78 is 43.5. The number of hydrogen-bond donors (Lipinski definition) is 1. The minimum absolute atomic E-state index is 0.0266. The average Bonchev–Trinajstić information content (AvgIpc) is 3.14. The molecule has 1 saturated heterocycles. The standard InChI is InChI=1S/C18H15F3N6O2/c19-18(20,21)12-3-1-4-13(7-12)24-14(28)10-27-8-11(9-27)17-25-16(26-29-17)15-22-5-2-6-23-15/h1-7,11H,8-10H2,(H,24,28). The Kier molecular flexibility index (Phi) is 4.97. The number of halogens is 3. The van der Waals surface area contributed by atoms with Crippen LogP contribution in [0.5, 0.6) is 0 Å². The van der Waals surface area contributed by atoms with Crippen LogP contribution in [0.25, 0.3) is 11.6 Å². The van der Waals surface area contributed by atoms with Gasteiger partial charge in [0.25, 0.3) is 0 Å². The van der Waals surface area contributed by atoms with Crippen LogP contribution in [0.3, 0.4) is 0 Å². The van der Waals surface area contributed by atoms with Gasteiger partial charge in [0.15, 0.2) is 0 Å². The lowest BCUT2D eigenvalue weighted by atomic mass is 10.0. The summed E-state index contributed by atoms with van der Waals surface area (Å²) in [5.41, 5.74) is -0.708. The third-order valence-corrected chi connectivity index (χ3v) is 4.35. The predicted molar refractivity (Wildman–Crippen MR) is 94.6 cm³/mol. The summed E-state index contributed by atoms with van der Waals surface area (Å²) >= 11 is 0. The quantitative estimate of drug-likeness (QED) is 0.698. The molecule has 0 atom stereocenters. The molecule has 1 aromatic carbocycles. The van der Waals surface area contributed by atoms with Crippen molar-refractivity contribution in [1.82, 2.24) is 25.0 Å². The number of benzene rings is 1. The van der Waals surface area contributed by atoms with Crippen molar-refractivity contribution in [2.24, 2.45) is 0 Å². The Morgan fingerprint density at radius 2 is 1.93 bits per heavy atom. The zero-order valence-corrected chi connectivity index (χ0v) is 14.9. The van der Waals surface area contributed by atoms with E-state index in [1.165, 1.54) is 12.1 Å². The van der Waals surface area contributed by atoms with Crippen molar-refractivity contribution in [2.75, 3.05) is 25.0 Å². The summed E-state index contributed by atoms with van der Waals surface area (Å²) in [6.07, 6.45) is -1.31. The van der Waals surface area contributed by atoms with E-state index in [2.05, 4.69) is 25.4 Å². The Morgan fingerprint density at radius 1 is 1.17 bits per heavy atom. The number of likely N-dealkylation sites (tertiary alicyclic amines) is 1. The molecule has 1 aliphatic heterocycles. The summed E-state index contributed by atoms with van der Waals surface area (Å²) in [6.45, 7) is 1.09. The van der Waals surface area contributed by atoms with Crippen molar-refractivity contribution in [2.45, 2.75) is 12.1 Å². The van der Waals surface area contributed by atoms with Crippen LogP contribution >= 0.6 is 0 Å². The maximum atomic E-state index is 12.7. The second-order valence-corrected chi connectivity index (χ2v) is 6.55. The number of alkyl halides is 3. The molecule has 1 aliphatic rings. The number of anilines is 1. The van der Waals surface area contributed by atoms with Crippen molar-refractivity contribution >= 4 is 11.6 Å². The highest BCUT2D eigenvalue weighted by Crippen LogP contribution is 2.31. The molecular weight excluding hydrogens is 389 g/mol. The van der Waals surface area contributed by atoms with Gasteiger partial charge in [-0.3, -0.25) is 9.69 Å². The van der Waals surface area contributed by atoms with Gasteiger partial charge in [0, 0.05) is 31.2 Å². The summed E-state index contributed by atoms with van der Waals surface area (Å²) in [5, 5.41) is 6.34. The molecule has 0 radical (unpaired) electrons. The lowest BCUT2D eigenvalue weighted by molar-refractivity contribution is -0.137. The SMILES string of the molecule is O=C(CN1CC(c2nc(-c3ncccn3)no2)C1)Nc1cccc(C(F)(F)F)c1. The highest BCUT2D eigenvalue weighted by atomic mass is 19.4. The van der Waals surface area contributed by atoms with E-state index in [-0.39, 0.29) is 18.2 Å². The van der Waals surface area contributed by atoms with Gasteiger partial charge in [-0.05, 0) is 24.3 Å². The lowest BCUT2D eigenvalue weighted by Crippen LogP contribution is -2.48. The maximum absolute atomic E-state index is 12.7. The zero-order valence-electron chi connectivity index (χ0n) is 14.9. The first-order valence-electron chi connectivity index (χ1n) is 8.69. The van der Waals surface area contributed by atoms with Gasteiger partial charge in [0.05, 0.1) is 18.0 Å². The first-order chi connectivity index (χ1) is 13.9.